The summed E-state index contributed by atoms with van der Waals surface area (Å²) in [7, 11) is 3.67. The quantitative estimate of drug-likeness (QED) is 0.723. The number of benzene rings is 1. The van der Waals surface area contributed by atoms with E-state index in [1.165, 1.54) is 19.3 Å². The molecular formula is C20H32N3O2+. The number of quaternary nitrogens is 1. The minimum Gasteiger partial charge on any atom is -0.355 e. The average Bonchev–Trinajstić information content (AvgIpc) is 2.62. The van der Waals surface area contributed by atoms with Crippen LogP contribution in [0, 0.1) is 5.92 Å². The lowest BCUT2D eigenvalue weighted by Gasteiger charge is -2.31. The second-order valence-electron chi connectivity index (χ2n) is 7.40. The monoisotopic (exact) mass is 346 g/mol. The Bertz CT molecular complexity index is 585. The van der Waals surface area contributed by atoms with Crippen LogP contribution in [0.15, 0.2) is 24.3 Å². The molecule has 1 saturated carbocycles. The summed E-state index contributed by atoms with van der Waals surface area (Å²) in [6.45, 7) is 4.97. The van der Waals surface area contributed by atoms with Gasteiger partial charge in [0.15, 0.2) is 6.04 Å². The van der Waals surface area contributed by atoms with Gasteiger partial charge in [0.25, 0.3) is 11.8 Å². The first-order chi connectivity index (χ1) is 11.9. The largest absolute Gasteiger partial charge is 0.355 e. The van der Waals surface area contributed by atoms with Gasteiger partial charge in [0.1, 0.15) is 6.54 Å². The number of likely N-dealkylation sites (N-methyl/N-ethyl adjacent to an activating group) is 1. The second kappa shape index (κ2) is 8.99. The molecule has 1 aliphatic carbocycles. The zero-order valence-corrected chi connectivity index (χ0v) is 15.9. The molecule has 5 nitrogen and oxygen atoms in total. The SMILES string of the molecule is CNC(=O)c1ccc(C[NH+](C)[C@H](C)C(=O)N[C@H]2CCCC[C@H]2C)cc1. The van der Waals surface area contributed by atoms with Gasteiger partial charge >= 0.3 is 0 Å². The summed E-state index contributed by atoms with van der Waals surface area (Å²) in [5.41, 5.74) is 1.77. The third-order valence-corrected chi connectivity index (χ3v) is 5.50. The molecule has 5 heteroatoms. The maximum atomic E-state index is 12.6. The molecule has 1 aliphatic rings. The second-order valence-corrected chi connectivity index (χ2v) is 7.40. The van der Waals surface area contributed by atoms with Gasteiger partial charge in [-0.15, -0.1) is 0 Å². The number of nitrogens with one attached hydrogen (secondary N) is 3. The van der Waals surface area contributed by atoms with Crippen molar-refractivity contribution in [3.05, 3.63) is 35.4 Å². The lowest BCUT2D eigenvalue weighted by Crippen LogP contribution is -3.12. The molecule has 2 amide bonds. The maximum Gasteiger partial charge on any atom is 0.278 e. The summed E-state index contributed by atoms with van der Waals surface area (Å²) in [6.07, 6.45) is 4.80. The lowest BCUT2D eigenvalue weighted by atomic mass is 9.86. The van der Waals surface area contributed by atoms with E-state index in [1.54, 1.807) is 7.05 Å². The summed E-state index contributed by atoms with van der Waals surface area (Å²) in [4.78, 5) is 25.3. The van der Waals surface area contributed by atoms with Gasteiger partial charge in [-0.2, -0.15) is 0 Å². The van der Waals surface area contributed by atoms with Crippen molar-refractivity contribution in [2.75, 3.05) is 14.1 Å². The van der Waals surface area contributed by atoms with Crippen LogP contribution >= 0.6 is 0 Å². The Morgan fingerprint density at radius 3 is 2.44 bits per heavy atom. The maximum absolute atomic E-state index is 12.6. The number of hydrogen-bond donors (Lipinski definition) is 3. The van der Waals surface area contributed by atoms with Crippen molar-refractivity contribution in [1.29, 1.82) is 0 Å². The van der Waals surface area contributed by atoms with Gasteiger partial charge in [0, 0.05) is 24.2 Å². The van der Waals surface area contributed by atoms with E-state index in [0.717, 1.165) is 23.4 Å². The lowest BCUT2D eigenvalue weighted by molar-refractivity contribution is -0.908. The molecule has 1 aromatic carbocycles. The van der Waals surface area contributed by atoms with Crippen molar-refractivity contribution >= 4 is 11.8 Å². The van der Waals surface area contributed by atoms with Gasteiger partial charge in [-0.1, -0.05) is 31.9 Å². The van der Waals surface area contributed by atoms with Gasteiger partial charge in [0.2, 0.25) is 0 Å². The minimum atomic E-state index is -0.104. The van der Waals surface area contributed by atoms with E-state index in [4.69, 9.17) is 0 Å². The van der Waals surface area contributed by atoms with Crippen molar-refractivity contribution in [3.63, 3.8) is 0 Å². The van der Waals surface area contributed by atoms with E-state index >= 15 is 0 Å². The number of hydrogen-bond acceptors (Lipinski definition) is 2. The Balaban J connectivity index is 1.89. The standard InChI is InChI=1S/C20H31N3O2/c1-14-7-5-6-8-18(14)22-19(24)15(2)23(4)13-16-9-11-17(12-10-16)20(25)21-3/h9-12,14-15,18H,5-8,13H2,1-4H3,(H,21,25)(H,22,24)/p+1/t14-,15-,18+/m1/s1. The summed E-state index contributed by atoms with van der Waals surface area (Å²) < 4.78 is 0. The molecular weight excluding hydrogens is 314 g/mol. The smallest absolute Gasteiger partial charge is 0.278 e. The van der Waals surface area contributed by atoms with Crippen molar-refractivity contribution in [2.24, 2.45) is 5.92 Å². The molecule has 0 aliphatic heterocycles. The molecule has 0 heterocycles. The van der Waals surface area contributed by atoms with Crippen molar-refractivity contribution < 1.29 is 14.5 Å². The fraction of sp³-hybridized carbons (Fsp3) is 0.600. The van der Waals surface area contributed by atoms with Gasteiger partial charge in [-0.25, -0.2) is 0 Å². The highest BCUT2D eigenvalue weighted by Crippen LogP contribution is 2.23. The van der Waals surface area contributed by atoms with E-state index < -0.39 is 0 Å². The summed E-state index contributed by atoms with van der Waals surface area (Å²) in [5, 5.41) is 5.87. The molecule has 1 aromatic rings. The number of amides is 2. The molecule has 1 unspecified atom stereocenters. The molecule has 0 saturated heterocycles. The normalized spacial score (nSPS) is 22.7. The average molecular weight is 346 g/mol. The third kappa shape index (κ3) is 5.30. The third-order valence-electron chi connectivity index (χ3n) is 5.50. The highest BCUT2D eigenvalue weighted by atomic mass is 16.2. The van der Waals surface area contributed by atoms with Crippen LogP contribution in [-0.2, 0) is 11.3 Å². The van der Waals surface area contributed by atoms with Gasteiger partial charge in [-0.3, -0.25) is 9.59 Å². The van der Waals surface area contributed by atoms with Crippen molar-refractivity contribution in [3.8, 4) is 0 Å². The predicted octanol–water partition coefficient (Wildman–Crippen LogP) is 1.14. The van der Waals surface area contributed by atoms with E-state index in [0.29, 0.717) is 17.5 Å². The molecule has 0 radical (unpaired) electrons. The summed E-state index contributed by atoms with van der Waals surface area (Å²) in [6, 6.07) is 7.80. The van der Waals surface area contributed by atoms with Gasteiger partial charge < -0.3 is 15.5 Å². The van der Waals surface area contributed by atoms with Gasteiger partial charge in [-0.05, 0) is 37.8 Å². The fourth-order valence-corrected chi connectivity index (χ4v) is 3.46. The molecule has 0 spiro atoms. The van der Waals surface area contributed by atoms with E-state index in [2.05, 4.69) is 17.6 Å². The van der Waals surface area contributed by atoms with E-state index in [-0.39, 0.29) is 17.9 Å². The molecule has 4 atom stereocenters. The van der Waals surface area contributed by atoms with Crippen LogP contribution in [0.25, 0.3) is 0 Å². The van der Waals surface area contributed by atoms with Crippen LogP contribution in [0.3, 0.4) is 0 Å². The number of rotatable bonds is 6. The molecule has 2 rings (SSSR count). The van der Waals surface area contributed by atoms with Crippen LogP contribution in [0.5, 0.6) is 0 Å². The Morgan fingerprint density at radius 1 is 1.20 bits per heavy atom. The summed E-state index contributed by atoms with van der Waals surface area (Å²) in [5.74, 6) is 0.627. The highest BCUT2D eigenvalue weighted by Gasteiger charge is 2.28. The zero-order valence-electron chi connectivity index (χ0n) is 15.9. The zero-order chi connectivity index (χ0) is 18.4. The van der Waals surface area contributed by atoms with E-state index in [9.17, 15) is 9.59 Å². The van der Waals surface area contributed by atoms with E-state index in [1.807, 2.05) is 38.2 Å². The van der Waals surface area contributed by atoms with Crippen LogP contribution in [-0.4, -0.2) is 38.0 Å². The summed E-state index contributed by atoms with van der Waals surface area (Å²) >= 11 is 0. The van der Waals surface area contributed by atoms with Crippen LogP contribution in [0.1, 0.15) is 55.5 Å². The Hall–Kier alpha value is -1.88. The predicted molar refractivity (Wildman–Crippen MR) is 99.4 cm³/mol. The molecule has 25 heavy (non-hydrogen) atoms. The first-order valence-electron chi connectivity index (χ1n) is 9.36. The highest BCUT2D eigenvalue weighted by molar-refractivity contribution is 5.93. The van der Waals surface area contributed by atoms with Crippen LogP contribution in [0.2, 0.25) is 0 Å². The first-order valence-corrected chi connectivity index (χ1v) is 9.36. The number of carbonyl (C=O) groups excluding carboxylic acids is 2. The van der Waals surface area contributed by atoms with Crippen molar-refractivity contribution in [2.45, 2.75) is 58.2 Å². The first kappa shape index (κ1) is 19.4. The topological polar surface area (TPSA) is 62.6 Å². The molecule has 3 N–H and O–H groups in total. The Labute approximate surface area is 151 Å². The minimum absolute atomic E-state index is 0.0819. The van der Waals surface area contributed by atoms with Crippen LogP contribution < -0.4 is 15.5 Å². The molecule has 0 bridgehead atoms. The fourth-order valence-electron chi connectivity index (χ4n) is 3.46. The Morgan fingerprint density at radius 2 is 1.84 bits per heavy atom. The number of carbonyl (C=O) groups is 2. The molecule has 138 valence electrons. The van der Waals surface area contributed by atoms with Gasteiger partial charge in [0.05, 0.1) is 7.05 Å². The molecule has 1 fully saturated rings. The van der Waals surface area contributed by atoms with Crippen LogP contribution in [0.4, 0.5) is 0 Å². The van der Waals surface area contributed by atoms with Crippen molar-refractivity contribution in [1.82, 2.24) is 10.6 Å². The molecule has 0 aromatic heterocycles. The Kier molecular flexibility index (Phi) is 7.00.